The first-order chi connectivity index (χ1) is 16.8. The number of nitro benzene ring substituents is 1. The van der Waals surface area contributed by atoms with Crippen molar-refractivity contribution in [2.24, 2.45) is 11.8 Å². The van der Waals surface area contributed by atoms with Gasteiger partial charge in [-0.1, -0.05) is 48.5 Å². The first kappa shape index (κ1) is 21.0. The number of benzene rings is 3. The van der Waals surface area contributed by atoms with Crippen molar-refractivity contribution < 1.29 is 24.2 Å². The molecule has 0 radical (unpaired) electrons. The van der Waals surface area contributed by atoms with Crippen LogP contribution < -0.4 is 9.64 Å². The molecule has 1 fully saturated rings. The maximum atomic E-state index is 14.0. The molecule has 2 amide bonds. The molecule has 0 spiro atoms. The van der Waals surface area contributed by atoms with Crippen LogP contribution in [0.2, 0.25) is 0 Å². The number of non-ortho nitro benzene ring substituents is 1. The smallest absolute Gasteiger partial charge is 0.285 e. The Morgan fingerprint density at radius 1 is 0.886 bits per heavy atom. The zero-order chi connectivity index (χ0) is 24.6. The standard InChI is InChI=1S/C25H17N3O7/c1-35-19-11-10-13(27(31)32)12-18(19)26-23(29)21-20-14-6-2-4-8-16(14)25(28(33)34,22(21)24(26)30)17-9-5-3-7-15(17)20/h2-12,20-22H,1H3/t20?,21-,22-,25?/m1/s1. The molecule has 2 bridgehead atoms. The monoisotopic (exact) mass is 471 g/mol. The third kappa shape index (κ3) is 2.38. The first-order valence-corrected chi connectivity index (χ1v) is 10.9. The van der Waals surface area contributed by atoms with E-state index in [-0.39, 0.29) is 17.1 Å². The summed E-state index contributed by atoms with van der Waals surface area (Å²) >= 11 is 0. The zero-order valence-corrected chi connectivity index (χ0v) is 18.3. The number of carbonyl (C=O) groups is 2. The van der Waals surface area contributed by atoms with Crippen LogP contribution in [0.3, 0.4) is 0 Å². The lowest BCUT2D eigenvalue weighted by atomic mass is 9.51. The normalized spacial score (nSPS) is 25.6. The molecule has 3 aromatic rings. The number of nitrogens with zero attached hydrogens (tertiary/aromatic N) is 3. The average Bonchev–Trinajstić information content (AvgIpc) is 3.13. The minimum Gasteiger partial charge on any atom is -0.495 e. The summed E-state index contributed by atoms with van der Waals surface area (Å²) in [7, 11) is 1.32. The van der Waals surface area contributed by atoms with E-state index in [0.29, 0.717) is 22.3 Å². The maximum Gasteiger partial charge on any atom is 0.285 e. The summed E-state index contributed by atoms with van der Waals surface area (Å²) < 4.78 is 5.31. The van der Waals surface area contributed by atoms with Crippen LogP contribution in [0.15, 0.2) is 66.7 Å². The molecule has 1 saturated heterocycles. The van der Waals surface area contributed by atoms with Crippen molar-refractivity contribution in [2.45, 2.75) is 11.5 Å². The number of ether oxygens (including phenoxy) is 1. The molecule has 4 aliphatic rings. The predicted molar refractivity (Wildman–Crippen MR) is 122 cm³/mol. The molecular weight excluding hydrogens is 454 g/mol. The van der Waals surface area contributed by atoms with Gasteiger partial charge in [0.25, 0.3) is 11.2 Å². The lowest BCUT2D eigenvalue weighted by Crippen LogP contribution is -2.57. The molecule has 0 unspecified atom stereocenters. The van der Waals surface area contributed by atoms with E-state index in [9.17, 15) is 29.8 Å². The van der Waals surface area contributed by atoms with Gasteiger partial charge in [-0.05, 0) is 17.2 Å². The quantitative estimate of drug-likeness (QED) is 0.324. The summed E-state index contributed by atoms with van der Waals surface area (Å²) in [5.41, 5.74) is -0.349. The second-order valence-electron chi connectivity index (χ2n) is 8.80. The van der Waals surface area contributed by atoms with Crippen molar-refractivity contribution in [3.63, 3.8) is 0 Å². The fraction of sp³-hybridized carbons (Fsp3) is 0.200. The van der Waals surface area contributed by atoms with Gasteiger partial charge in [0.15, 0.2) is 0 Å². The van der Waals surface area contributed by atoms with Crippen LogP contribution >= 0.6 is 0 Å². The summed E-state index contributed by atoms with van der Waals surface area (Å²) in [5, 5.41) is 24.4. The van der Waals surface area contributed by atoms with E-state index in [1.54, 1.807) is 48.5 Å². The summed E-state index contributed by atoms with van der Waals surface area (Å²) in [6.45, 7) is 0. The Morgan fingerprint density at radius 2 is 1.49 bits per heavy atom. The Balaban J connectivity index is 1.65. The largest absolute Gasteiger partial charge is 0.495 e. The number of hydrogen-bond donors (Lipinski definition) is 0. The molecule has 7 rings (SSSR count). The summed E-state index contributed by atoms with van der Waals surface area (Å²) in [5.74, 6) is -4.26. The van der Waals surface area contributed by atoms with Gasteiger partial charge in [-0.25, -0.2) is 4.90 Å². The molecular formula is C25H17N3O7. The van der Waals surface area contributed by atoms with Crippen molar-refractivity contribution >= 4 is 23.2 Å². The fourth-order valence-corrected chi connectivity index (χ4v) is 6.25. The highest BCUT2D eigenvalue weighted by atomic mass is 16.6. The maximum absolute atomic E-state index is 14.0. The van der Waals surface area contributed by atoms with E-state index in [1.807, 2.05) is 0 Å². The van der Waals surface area contributed by atoms with Crippen LogP contribution in [0, 0.1) is 32.1 Å². The van der Waals surface area contributed by atoms with Gasteiger partial charge in [0.05, 0.1) is 18.0 Å². The van der Waals surface area contributed by atoms with Crippen LogP contribution in [0.5, 0.6) is 5.75 Å². The molecule has 174 valence electrons. The molecule has 0 saturated carbocycles. The Hall–Kier alpha value is -4.60. The van der Waals surface area contributed by atoms with Crippen molar-refractivity contribution in [2.75, 3.05) is 12.0 Å². The van der Waals surface area contributed by atoms with Gasteiger partial charge in [-0.3, -0.25) is 29.8 Å². The average molecular weight is 471 g/mol. The third-order valence-electron chi connectivity index (χ3n) is 7.48. The second-order valence-corrected chi connectivity index (χ2v) is 8.80. The lowest BCUT2D eigenvalue weighted by Gasteiger charge is -2.48. The van der Waals surface area contributed by atoms with Crippen molar-refractivity contribution in [1.82, 2.24) is 0 Å². The molecule has 2 atom stereocenters. The summed E-state index contributed by atoms with van der Waals surface area (Å²) in [6.07, 6.45) is 0. The molecule has 3 aliphatic carbocycles. The highest BCUT2D eigenvalue weighted by Gasteiger charge is 2.75. The minimum absolute atomic E-state index is 0.0773. The number of nitro groups is 2. The van der Waals surface area contributed by atoms with Crippen LogP contribution in [0.25, 0.3) is 0 Å². The zero-order valence-electron chi connectivity index (χ0n) is 18.3. The molecule has 1 heterocycles. The lowest BCUT2D eigenvalue weighted by molar-refractivity contribution is -0.578. The number of hydrogen-bond acceptors (Lipinski definition) is 7. The Bertz CT molecular complexity index is 1440. The van der Waals surface area contributed by atoms with E-state index in [1.165, 1.54) is 19.2 Å². The summed E-state index contributed by atoms with van der Waals surface area (Å²) in [6, 6.07) is 17.3. The van der Waals surface area contributed by atoms with E-state index in [0.717, 1.165) is 11.0 Å². The topological polar surface area (TPSA) is 133 Å². The number of carbonyl (C=O) groups excluding carboxylic acids is 2. The molecule has 0 aromatic heterocycles. The van der Waals surface area contributed by atoms with Crippen LogP contribution in [-0.4, -0.2) is 28.8 Å². The van der Waals surface area contributed by atoms with E-state index in [4.69, 9.17) is 4.74 Å². The van der Waals surface area contributed by atoms with Crippen molar-refractivity contribution in [3.8, 4) is 5.75 Å². The van der Waals surface area contributed by atoms with Crippen LogP contribution in [0.4, 0.5) is 11.4 Å². The van der Waals surface area contributed by atoms with Gasteiger partial charge in [0.1, 0.15) is 17.4 Å². The summed E-state index contributed by atoms with van der Waals surface area (Å²) in [4.78, 5) is 52.1. The number of amides is 2. The number of methoxy groups -OCH3 is 1. The van der Waals surface area contributed by atoms with Crippen molar-refractivity contribution in [3.05, 3.63) is 109 Å². The van der Waals surface area contributed by atoms with Gasteiger partial charge >= 0.3 is 0 Å². The Morgan fingerprint density at radius 3 is 2.03 bits per heavy atom. The fourth-order valence-electron chi connectivity index (χ4n) is 6.25. The molecule has 35 heavy (non-hydrogen) atoms. The molecule has 3 aromatic carbocycles. The SMILES string of the molecule is COc1ccc([N+](=O)[O-])cc1N1C(=O)[C@@H]2C3c4ccccc4C([N+](=O)[O-])(c4ccccc43)[C@H]2C1=O. The molecule has 0 N–H and O–H groups in total. The molecule has 10 nitrogen and oxygen atoms in total. The second kappa shape index (κ2) is 6.95. The van der Waals surface area contributed by atoms with Gasteiger partial charge < -0.3 is 4.74 Å². The Kier molecular flexibility index (Phi) is 4.17. The third-order valence-corrected chi connectivity index (χ3v) is 7.48. The van der Waals surface area contributed by atoms with Gasteiger partial charge in [-0.15, -0.1) is 0 Å². The molecule has 1 aliphatic heterocycles. The highest BCUT2D eigenvalue weighted by Crippen LogP contribution is 2.64. The number of anilines is 1. The minimum atomic E-state index is -1.97. The van der Waals surface area contributed by atoms with Crippen molar-refractivity contribution in [1.29, 1.82) is 0 Å². The van der Waals surface area contributed by atoms with Crippen LogP contribution in [0.1, 0.15) is 28.2 Å². The van der Waals surface area contributed by atoms with Gasteiger partial charge in [-0.2, -0.15) is 0 Å². The number of imide groups is 1. The van der Waals surface area contributed by atoms with E-state index < -0.39 is 45.0 Å². The number of rotatable bonds is 4. The highest BCUT2D eigenvalue weighted by molar-refractivity contribution is 6.24. The van der Waals surface area contributed by atoms with Gasteiger partial charge in [0, 0.05) is 34.1 Å². The molecule has 10 heteroatoms. The van der Waals surface area contributed by atoms with Gasteiger partial charge in [0.2, 0.25) is 11.8 Å². The van der Waals surface area contributed by atoms with E-state index in [2.05, 4.69) is 0 Å². The Labute approximate surface area is 198 Å². The van der Waals surface area contributed by atoms with Crippen LogP contribution in [-0.2, 0) is 15.1 Å². The van der Waals surface area contributed by atoms with E-state index >= 15 is 0 Å². The first-order valence-electron chi connectivity index (χ1n) is 10.9. The predicted octanol–water partition coefficient (Wildman–Crippen LogP) is 3.39.